The van der Waals surface area contributed by atoms with Crippen molar-refractivity contribution in [3.05, 3.63) is 97.2 Å². The molecule has 0 aromatic rings. The van der Waals surface area contributed by atoms with Crippen LogP contribution in [0.3, 0.4) is 0 Å². The zero-order valence-corrected chi connectivity index (χ0v) is 44.2. The molecule has 0 bridgehead atoms. The van der Waals surface area contributed by atoms with E-state index in [-0.39, 0.29) is 32.0 Å². The van der Waals surface area contributed by atoms with Crippen molar-refractivity contribution in [3.63, 3.8) is 0 Å². The maximum Gasteiger partial charge on any atom is 0.472 e. The first-order valence-electron chi connectivity index (χ1n) is 26.5. The summed E-state index contributed by atoms with van der Waals surface area (Å²) in [5.41, 5.74) is 0. The number of carbonyl (C=O) groups excluding carboxylic acids is 2. The molecule has 1 N–H and O–H groups in total. The minimum absolute atomic E-state index is 0.0225. The molecule has 0 aromatic carbocycles. The van der Waals surface area contributed by atoms with E-state index in [1.165, 1.54) is 57.8 Å². The van der Waals surface area contributed by atoms with Gasteiger partial charge in [-0.2, -0.15) is 0 Å². The minimum Gasteiger partial charge on any atom is -0.462 e. The lowest BCUT2D eigenvalue weighted by Crippen LogP contribution is -2.37. The van der Waals surface area contributed by atoms with Crippen LogP contribution in [-0.4, -0.2) is 74.9 Å². The van der Waals surface area contributed by atoms with E-state index in [1.807, 2.05) is 21.1 Å². The predicted octanol–water partition coefficient (Wildman–Crippen LogP) is 16.1. The molecule has 0 aliphatic carbocycles. The summed E-state index contributed by atoms with van der Waals surface area (Å²) in [6.45, 7) is 4.26. The van der Waals surface area contributed by atoms with Crippen molar-refractivity contribution in [1.82, 2.24) is 0 Å². The number of unbranched alkanes of at least 4 members (excludes halogenated alkanes) is 17. The Kier molecular flexibility index (Phi) is 45.8. The number of likely N-dealkylation sites (N-methyl/N-ethyl adjacent to an activating group) is 1. The zero-order valence-electron chi connectivity index (χ0n) is 43.3. The third-order valence-electron chi connectivity index (χ3n) is 10.8. The van der Waals surface area contributed by atoms with Gasteiger partial charge in [0.05, 0.1) is 27.7 Å². The van der Waals surface area contributed by atoms with Crippen LogP contribution in [0.1, 0.15) is 200 Å². The highest BCUT2D eigenvalue weighted by Gasteiger charge is 2.27. The zero-order chi connectivity index (χ0) is 49.2. The Morgan fingerprint density at radius 3 is 1.27 bits per heavy atom. The van der Waals surface area contributed by atoms with E-state index in [9.17, 15) is 19.0 Å². The summed E-state index contributed by atoms with van der Waals surface area (Å²) in [6.07, 6.45) is 64.6. The van der Waals surface area contributed by atoms with Gasteiger partial charge in [0, 0.05) is 12.8 Å². The first kappa shape index (κ1) is 63.9. The van der Waals surface area contributed by atoms with Crippen molar-refractivity contribution in [2.75, 3.05) is 47.5 Å². The molecule has 67 heavy (non-hydrogen) atoms. The van der Waals surface area contributed by atoms with Crippen LogP contribution in [0.15, 0.2) is 97.2 Å². The molecule has 0 aliphatic rings. The first-order chi connectivity index (χ1) is 32.5. The molecule has 10 heteroatoms. The maximum absolute atomic E-state index is 12.8. The Labute approximate surface area is 411 Å². The first-order valence-corrected chi connectivity index (χ1v) is 28.0. The van der Waals surface area contributed by atoms with E-state index in [2.05, 4.69) is 111 Å². The van der Waals surface area contributed by atoms with Crippen LogP contribution in [0.2, 0.25) is 0 Å². The van der Waals surface area contributed by atoms with Gasteiger partial charge < -0.3 is 18.9 Å². The van der Waals surface area contributed by atoms with Crippen molar-refractivity contribution in [3.8, 4) is 0 Å². The predicted molar refractivity (Wildman–Crippen MR) is 284 cm³/mol. The van der Waals surface area contributed by atoms with Gasteiger partial charge in [0.2, 0.25) is 0 Å². The number of allylic oxidation sites excluding steroid dienone is 16. The second-order valence-electron chi connectivity index (χ2n) is 18.5. The van der Waals surface area contributed by atoms with E-state index in [0.29, 0.717) is 17.4 Å². The minimum atomic E-state index is -4.39. The average Bonchev–Trinajstić information content (AvgIpc) is 3.29. The summed E-state index contributed by atoms with van der Waals surface area (Å²) in [7, 11) is 1.45. The number of nitrogens with zero attached hydrogens (tertiary/aromatic N) is 1. The fourth-order valence-electron chi connectivity index (χ4n) is 6.75. The largest absolute Gasteiger partial charge is 0.472 e. The van der Waals surface area contributed by atoms with Crippen LogP contribution in [-0.2, 0) is 32.7 Å². The van der Waals surface area contributed by atoms with Crippen molar-refractivity contribution in [2.45, 2.75) is 206 Å². The van der Waals surface area contributed by atoms with Gasteiger partial charge in [0.25, 0.3) is 0 Å². The molecular weight excluding hydrogens is 858 g/mol. The summed E-state index contributed by atoms with van der Waals surface area (Å²) < 4.78 is 34.4. The number of carbonyl (C=O) groups is 2. The monoisotopic (exact) mass is 957 g/mol. The molecule has 384 valence electrons. The number of quaternary nitrogens is 1. The summed E-state index contributed by atoms with van der Waals surface area (Å²) >= 11 is 0. The van der Waals surface area contributed by atoms with Crippen molar-refractivity contribution in [2.24, 2.45) is 0 Å². The normalized spacial score (nSPS) is 14.2. The van der Waals surface area contributed by atoms with Gasteiger partial charge in [-0.15, -0.1) is 0 Å². The molecule has 0 aromatic heterocycles. The Hall–Kier alpha value is -3.07. The number of rotatable bonds is 47. The number of esters is 2. The molecule has 0 fully saturated rings. The van der Waals surface area contributed by atoms with Crippen LogP contribution in [0.4, 0.5) is 0 Å². The number of phosphoric ester groups is 1. The van der Waals surface area contributed by atoms with Gasteiger partial charge in [0.1, 0.15) is 19.8 Å². The van der Waals surface area contributed by atoms with Crippen molar-refractivity contribution >= 4 is 19.8 Å². The van der Waals surface area contributed by atoms with Crippen LogP contribution >= 0.6 is 7.82 Å². The van der Waals surface area contributed by atoms with Crippen molar-refractivity contribution in [1.29, 1.82) is 0 Å². The van der Waals surface area contributed by atoms with E-state index in [4.69, 9.17) is 18.5 Å². The van der Waals surface area contributed by atoms with Gasteiger partial charge >= 0.3 is 19.8 Å². The quantitative estimate of drug-likeness (QED) is 0.0211. The SMILES string of the molecule is CC/C=C\C/C=C\C/C=C\C/C=C\C/C=C\C/C=C\CCCCCCCCCCC(=O)OC(COC(=O)CCCCCCC/C=C\C/C=C\CCCCCC)COP(=O)(O)OCC[N+](C)(C)C. The molecular formula is C57H99NO8P+. The van der Waals surface area contributed by atoms with E-state index >= 15 is 0 Å². The van der Waals surface area contributed by atoms with Crippen LogP contribution in [0.25, 0.3) is 0 Å². The molecule has 2 unspecified atom stereocenters. The lowest BCUT2D eigenvalue weighted by molar-refractivity contribution is -0.870. The Morgan fingerprint density at radius 1 is 0.478 bits per heavy atom. The number of hydrogen-bond donors (Lipinski definition) is 1. The third-order valence-corrected chi connectivity index (χ3v) is 11.8. The van der Waals surface area contributed by atoms with Crippen LogP contribution < -0.4 is 0 Å². The Bertz CT molecular complexity index is 1450. The van der Waals surface area contributed by atoms with Crippen molar-refractivity contribution < 1.29 is 42.1 Å². The van der Waals surface area contributed by atoms with E-state index in [1.54, 1.807) is 0 Å². The van der Waals surface area contributed by atoms with Gasteiger partial charge in [-0.3, -0.25) is 18.6 Å². The second kappa shape index (κ2) is 48.0. The van der Waals surface area contributed by atoms with Gasteiger partial charge in [-0.25, -0.2) is 4.57 Å². The average molecular weight is 957 g/mol. The molecule has 0 radical (unpaired) electrons. The topological polar surface area (TPSA) is 108 Å². The molecule has 0 aliphatic heterocycles. The van der Waals surface area contributed by atoms with Crippen LogP contribution in [0, 0.1) is 0 Å². The fourth-order valence-corrected chi connectivity index (χ4v) is 7.49. The Morgan fingerprint density at radius 2 is 0.851 bits per heavy atom. The third kappa shape index (κ3) is 52.2. The maximum atomic E-state index is 12.8. The molecule has 0 saturated carbocycles. The highest BCUT2D eigenvalue weighted by molar-refractivity contribution is 7.47. The van der Waals surface area contributed by atoms with Crippen LogP contribution in [0.5, 0.6) is 0 Å². The highest BCUT2D eigenvalue weighted by atomic mass is 31.2. The molecule has 0 heterocycles. The smallest absolute Gasteiger partial charge is 0.462 e. The lowest BCUT2D eigenvalue weighted by Gasteiger charge is -2.24. The molecule has 0 rings (SSSR count). The summed E-state index contributed by atoms with van der Waals surface area (Å²) in [6, 6.07) is 0. The van der Waals surface area contributed by atoms with Gasteiger partial charge in [0.15, 0.2) is 6.10 Å². The number of phosphoric acid groups is 1. The van der Waals surface area contributed by atoms with E-state index in [0.717, 1.165) is 109 Å². The highest BCUT2D eigenvalue weighted by Crippen LogP contribution is 2.43. The van der Waals surface area contributed by atoms with E-state index < -0.39 is 26.5 Å². The molecule has 0 saturated heterocycles. The molecule has 2 atom stereocenters. The molecule has 0 spiro atoms. The number of ether oxygens (including phenoxy) is 2. The fraction of sp³-hybridized carbons (Fsp3) is 0.684. The summed E-state index contributed by atoms with van der Waals surface area (Å²) in [5.74, 6) is -0.829. The van der Waals surface area contributed by atoms with Gasteiger partial charge in [-0.1, -0.05) is 188 Å². The summed E-state index contributed by atoms with van der Waals surface area (Å²) in [4.78, 5) is 35.6. The van der Waals surface area contributed by atoms with Gasteiger partial charge in [-0.05, 0) is 96.3 Å². The lowest BCUT2D eigenvalue weighted by atomic mass is 10.1. The second-order valence-corrected chi connectivity index (χ2v) is 20.0. The standard InChI is InChI=1S/C57H98NO8P/c1-6-8-10-12-14-16-18-20-22-24-25-26-27-28-29-30-31-32-33-34-36-38-40-42-44-46-48-50-57(60)66-55(54-65-67(61,62)64-52-51-58(3,4)5)53-63-56(59)49-47-45-43-41-39-37-35-23-21-19-17-15-13-11-9-7-2/h8,10,14,16-17,19-20,22-23,25-26,28-29,31-32,35,55H,6-7,9,11-13,15,18,21,24,27,30,33-34,36-54H2,1-5H3/p+1/b10-8-,16-14-,19-17-,22-20-,26-25-,29-28-,32-31-,35-23-. The Balaban J connectivity index is 4.27. The summed E-state index contributed by atoms with van der Waals surface area (Å²) in [5, 5.41) is 0. The molecule has 9 nitrogen and oxygen atoms in total. The number of hydrogen-bond acceptors (Lipinski definition) is 7. The molecule has 0 amide bonds.